The van der Waals surface area contributed by atoms with Gasteiger partial charge in [-0.2, -0.15) is 4.98 Å². The molecule has 0 aliphatic carbocycles. The zero-order valence-electron chi connectivity index (χ0n) is 14.6. The van der Waals surface area contributed by atoms with Crippen molar-refractivity contribution in [3.63, 3.8) is 0 Å². The Bertz CT molecular complexity index is 1070. The second-order valence-corrected chi connectivity index (χ2v) is 8.11. The number of morpholine rings is 1. The molecule has 0 unspecified atom stereocenters. The van der Waals surface area contributed by atoms with Crippen LogP contribution in [-0.4, -0.2) is 45.8 Å². The molecule has 1 saturated heterocycles. The highest BCUT2D eigenvalue weighted by Gasteiger charge is 2.33. The average molecular weight is 413 g/mol. The lowest BCUT2D eigenvalue weighted by Gasteiger charge is -2.32. The van der Waals surface area contributed by atoms with Gasteiger partial charge in [0.1, 0.15) is 6.04 Å². The van der Waals surface area contributed by atoms with Gasteiger partial charge >= 0.3 is 6.03 Å². The molecule has 4 aromatic rings. The number of benzene rings is 1. The second-order valence-electron chi connectivity index (χ2n) is 6.13. The zero-order chi connectivity index (χ0) is 18.9. The minimum Gasteiger partial charge on any atom is -0.377 e. The summed E-state index contributed by atoms with van der Waals surface area (Å²) in [6, 6.07) is 10.9. The van der Waals surface area contributed by atoms with Gasteiger partial charge in [0, 0.05) is 6.54 Å². The number of anilines is 1. The molecule has 1 N–H and O–H groups in total. The molecule has 28 heavy (non-hydrogen) atoms. The number of para-hydroxylation sites is 1. The maximum Gasteiger partial charge on any atom is 0.324 e. The fourth-order valence-corrected chi connectivity index (χ4v) is 4.52. The number of thiazole rings is 1. The molecule has 142 valence electrons. The Hall–Kier alpha value is -2.82. The monoisotopic (exact) mass is 413 g/mol. The maximum absolute atomic E-state index is 12.9. The number of carbonyl (C=O) groups excluding carboxylic acids is 1. The molecular formula is C18H15N5O3S2. The Morgan fingerprint density at radius 2 is 2.14 bits per heavy atom. The van der Waals surface area contributed by atoms with Crippen molar-refractivity contribution in [3.8, 4) is 10.7 Å². The predicted octanol–water partition coefficient (Wildman–Crippen LogP) is 4.01. The van der Waals surface area contributed by atoms with Crippen LogP contribution in [0.4, 0.5) is 9.93 Å². The lowest BCUT2D eigenvalue weighted by atomic mass is 10.2. The molecule has 5 rings (SSSR count). The van der Waals surface area contributed by atoms with E-state index in [2.05, 4.69) is 20.4 Å². The van der Waals surface area contributed by atoms with Crippen LogP contribution in [0.1, 0.15) is 11.9 Å². The van der Waals surface area contributed by atoms with E-state index in [9.17, 15) is 4.79 Å². The van der Waals surface area contributed by atoms with Crippen LogP contribution < -0.4 is 5.32 Å². The van der Waals surface area contributed by atoms with E-state index in [1.165, 1.54) is 22.7 Å². The van der Waals surface area contributed by atoms with Crippen molar-refractivity contribution in [1.82, 2.24) is 20.0 Å². The molecule has 2 amide bonds. The Labute approximate surface area is 167 Å². The molecule has 10 heteroatoms. The number of fused-ring (bicyclic) bond motifs is 1. The quantitative estimate of drug-likeness (QED) is 0.545. The number of carbonyl (C=O) groups is 1. The first-order valence-corrected chi connectivity index (χ1v) is 10.4. The molecule has 0 radical (unpaired) electrons. The summed E-state index contributed by atoms with van der Waals surface area (Å²) in [6.45, 7) is 1.19. The van der Waals surface area contributed by atoms with E-state index in [-0.39, 0.29) is 6.03 Å². The largest absolute Gasteiger partial charge is 0.377 e. The number of aromatic nitrogens is 3. The van der Waals surface area contributed by atoms with Gasteiger partial charge in [0.2, 0.25) is 5.82 Å². The molecule has 3 aromatic heterocycles. The molecule has 0 bridgehead atoms. The lowest BCUT2D eigenvalue weighted by molar-refractivity contribution is 0.00349. The third-order valence-electron chi connectivity index (χ3n) is 4.37. The fraction of sp³-hybridized carbons (Fsp3) is 0.222. The van der Waals surface area contributed by atoms with Crippen LogP contribution in [0.3, 0.4) is 0 Å². The summed E-state index contributed by atoms with van der Waals surface area (Å²) in [5.74, 6) is 0.879. The molecule has 1 aromatic carbocycles. The second kappa shape index (κ2) is 7.30. The Balaban J connectivity index is 1.37. The van der Waals surface area contributed by atoms with Crippen LogP contribution in [0.2, 0.25) is 0 Å². The van der Waals surface area contributed by atoms with Crippen molar-refractivity contribution in [1.29, 1.82) is 0 Å². The number of nitrogens with one attached hydrogen (secondary N) is 1. The third-order valence-corrected chi connectivity index (χ3v) is 6.18. The summed E-state index contributed by atoms with van der Waals surface area (Å²) in [7, 11) is 0. The first-order chi connectivity index (χ1) is 13.8. The van der Waals surface area contributed by atoms with Crippen LogP contribution in [0.25, 0.3) is 20.9 Å². The van der Waals surface area contributed by atoms with Crippen molar-refractivity contribution in [2.75, 3.05) is 25.1 Å². The Kier molecular flexibility index (Phi) is 4.51. The molecule has 4 heterocycles. The minimum atomic E-state index is -0.440. The van der Waals surface area contributed by atoms with E-state index >= 15 is 0 Å². The van der Waals surface area contributed by atoms with Crippen LogP contribution >= 0.6 is 22.7 Å². The summed E-state index contributed by atoms with van der Waals surface area (Å²) >= 11 is 2.97. The number of hydrogen-bond donors (Lipinski definition) is 1. The summed E-state index contributed by atoms with van der Waals surface area (Å²) < 4.78 is 12.0. The highest BCUT2D eigenvalue weighted by atomic mass is 32.1. The van der Waals surface area contributed by atoms with Gasteiger partial charge in [0.25, 0.3) is 5.89 Å². The van der Waals surface area contributed by atoms with Gasteiger partial charge < -0.3 is 14.2 Å². The van der Waals surface area contributed by atoms with Crippen LogP contribution in [-0.2, 0) is 4.74 Å². The van der Waals surface area contributed by atoms with Gasteiger partial charge in [-0.3, -0.25) is 5.32 Å². The average Bonchev–Trinajstić information content (AvgIpc) is 3.46. The van der Waals surface area contributed by atoms with Crippen LogP contribution in [0, 0.1) is 0 Å². The normalized spacial score (nSPS) is 17.1. The van der Waals surface area contributed by atoms with Crippen LogP contribution in [0.5, 0.6) is 0 Å². The summed E-state index contributed by atoms with van der Waals surface area (Å²) in [5, 5.41) is 9.43. The van der Waals surface area contributed by atoms with E-state index in [1.807, 2.05) is 41.8 Å². The SMILES string of the molecule is O=C(Nc1nc2ccccc2s1)N1CCOC[C@@H]1c1nc(-c2cccs2)no1. The Morgan fingerprint density at radius 3 is 3.00 bits per heavy atom. The number of nitrogens with zero attached hydrogens (tertiary/aromatic N) is 4. The van der Waals surface area contributed by atoms with Gasteiger partial charge in [-0.15, -0.1) is 11.3 Å². The molecule has 0 saturated carbocycles. The molecule has 1 aliphatic heterocycles. The van der Waals surface area contributed by atoms with Crippen molar-refractivity contribution in [3.05, 3.63) is 47.7 Å². The van der Waals surface area contributed by atoms with Gasteiger partial charge in [0.15, 0.2) is 5.13 Å². The van der Waals surface area contributed by atoms with E-state index in [4.69, 9.17) is 9.26 Å². The highest BCUT2D eigenvalue weighted by molar-refractivity contribution is 7.22. The third kappa shape index (κ3) is 3.26. The van der Waals surface area contributed by atoms with Crippen molar-refractivity contribution in [2.24, 2.45) is 0 Å². The van der Waals surface area contributed by atoms with Crippen molar-refractivity contribution >= 4 is 44.1 Å². The first kappa shape index (κ1) is 17.3. The minimum absolute atomic E-state index is 0.261. The summed E-state index contributed by atoms with van der Waals surface area (Å²) in [5.41, 5.74) is 0.860. The first-order valence-electron chi connectivity index (χ1n) is 8.66. The topological polar surface area (TPSA) is 93.4 Å². The van der Waals surface area contributed by atoms with E-state index < -0.39 is 6.04 Å². The maximum atomic E-state index is 12.9. The summed E-state index contributed by atoms with van der Waals surface area (Å²) in [4.78, 5) is 24.4. The molecular weight excluding hydrogens is 398 g/mol. The van der Waals surface area contributed by atoms with Crippen molar-refractivity contribution < 1.29 is 14.1 Å². The Morgan fingerprint density at radius 1 is 1.21 bits per heavy atom. The zero-order valence-corrected chi connectivity index (χ0v) is 16.2. The predicted molar refractivity (Wildman–Crippen MR) is 107 cm³/mol. The number of thiophene rings is 1. The number of rotatable bonds is 3. The molecule has 8 nitrogen and oxygen atoms in total. The van der Waals surface area contributed by atoms with Crippen LogP contribution in [0.15, 0.2) is 46.3 Å². The van der Waals surface area contributed by atoms with Gasteiger partial charge in [-0.25, -0.2) is 9.78 Å². The summed E-state index contributed by atoms with van der Waals surface area (Å²) in [6.07, 6.45) is 0. The molecule has 1 fully saturated rings. The smallest absolute Gasteiger partial charge is 0.324 e. The van der Waals surface area contributed by atoms with Gasteiger partial charge in [-0.1, -0.05) is 34.7 Å². The van der Waals surface area contributed by atoms with Crippen molar-refractivity contribution in [2.45, 2.75) is 6.04 Å². The molecule has 0 spiro atoms. The highest BCUT2D eigenvalue weighted by Crippen LogP contribution is 2.29. The number of ether oxygens (including phenoxy) is 1. The standard InChI is InChI=1S/C18H15N5O3S2/c24-18(21-17-19-11-4-1-2-5-13(11)28-17)23-7-8-25-10-12(23)16-20-15(22-26-16)14-6-3-9-27-14/h1-6,9,12H,7-8,10H2,(H,19,21,24)/t12-/m1/s1. The number of hydrogen-bond acceptors (Lipinski definition) is 8. The molecule has 1 atom stereocenters. The van der Waals surface area contributed by atoms with E-state index in [1.54, 1.807) is 4.90 Å². The fourth-order valence-electron chi connectivity index (χ4n) is 3.02. The molecule has 1 aliphatic rings. The van der Waals surface area contributed by atoms with Gasteiger partial charge in [0.05, 0.1) is 28.3 Å². The van der Waals surface area contributed by atoms with E-state index in [0.717, 1.165) is 15.1 Å². The van der Waals surface area contributed by atoms with Gasteiger partial charge in [-0.05, 0) is 23.6 Å². The number of amides is 2. The lowest BCUT2D eigenvalue weighted by Crippen LogP contribution is -2.45. The van der Waals surface area contributed by atoms with E-state index in [0.29, 0.717) is 36.6 Å². The number of urea groups is 1.